The van der Waals surface area contributed by atoms with Gasteiger partial charge in [-0.1, -0.05) is 0 Å². The van der Waals surface area contributed by atoms with Crippen LogP contribution in [0.25, 0.3) is 0 Å². The standard InChI is InChI=1S/C15H18F3N5OS/c16-15(17,18)10-21-13(24)14(23-7-3-19-11-23)1-5-22(6-2-14)9-12-20-4-8-25-12/h3-4,7-8,11H,1-2,5-6,9-10H2,(H,21,24). The van der Waals surface area contributed by atoms with Crippen LogP contribution in [0.3, 0.4) is 0 Å². The Bertz CT molecular complexity index is 679. The van der Waals surface area contributed by atoms with Crippen molar-refractivity contribution in [1.82, 2.24) is 24.8 Å². The van der Waals surface area contributed by atoms with E-state index >= 15 is 0 Å². The molecule has 0 aliphatic carbocycles. The van der Waals surface area contributed by atoms with Crippen molar-refractivity contribution < 1.29 is 18.0 Å². The SMILES string of the molecule is O=C(NCC(F)(F)F)C1(n2ccnc2)CCN(Cc2nccs2)CC1. The van der Waals surface area contributed by atoms with E-state index in [0.29, 0.717) is 32.5 Å². The van der Waals surface area contributed by atoms with E-state index in [1.54, 1.807) is 28.3 Å². The quantitative estimate of drug-likeness (QED) is 0.871. The number of amides is 1. The summed E-state index contributed by atoms with van der Waals surface area (Å²) in [5.74, 6) is -0.614. The van der Waals surface area contributed by atoms with Crippen LogP contribution in [0.15, 0.2) is 30.3 Å². The highest BCUT2D eigenvalue weighted by molar-refractivity contribution is 7.09. The summed E-state index contributed by atoms with van der Waals surface area (Å²) >= 11 is 1.56. The van der Waals surface area contributed by atoms with Crippen molar-refractivity contribution in [1.29, 1.82) is 0 Å². The zero-order valence-corrected chi connectivity index (χ0v) is 14.2. The minimum atomic E-state index is -4.43. The Morgan fingerprint density at radius 2 is 2.08 bits per heavy atom. The Hall–Kier alpha value is -1.94. The fourth-order valence-electron chi connectivity index (χ4n) is 3.06. The van der Waals surface area contributed by atoms with Gasteiger partial charge in [-0.15, -0.1) is 11.3 Å². The second-order valence-electron chi connectivity index (χ2n) is 6.00. The second kappa shape index (κ2) is 7.12. The van der Waals surface area contributed by atoms with Crippen LogP contribution in [0.1, 0.15) is 17.8 Å². The van der Waals surface area contributed by atoms with Crippen LogP contribution in [0.5, 0.6) is 0 Å². The third-order valence-electron chi connectivity index (χ3n) is 4.40. The number of carbonyl (C=O) groups is 1. The topological polar surface area (TPSA) is 63.1 Å². The molecule has 1 aliphatic rings. The van der Waals surface area contributed by atoms with Gasteiger partial charge >= 0.3 is 6.18 Å². The van der Waals surface area contributed by atoms with Gasteiger partial charge in [0.25, 0.3) is 0 Å². The average molecular weight is 373 g/mol. The van der Waals surface area contributed by atoms with Gasteiger partial charge in [-0.05, 0) is 12.8 Å². The van der Waals surface area contributed by atoms with Gasteiger partial charge in [-0.25, -0.2) is 9.97 Å². The molecule has 3 heterocycles. The molecule has 1 saturated heterocycles. The molecule has 6 nitrogen and oxygen atoms in total. The predicted octanol–water partition coefficient (Wildman–Crippen LogP) is 2.01. The van der Waals surface area contributed by atoms with Crippen LogP contribution in [0.2, 0.25) is 0 Å². The second-order valence-corrected chi connectivity index (χ2v) is 6.98. The van der Waals surface area contributed by atoms with Gasteiger partial charge in [0.05, 0.1) is 12.9 Å². The Morgan fingerprint density at radius 3 is 2.64 bits per heavy atom. The number of thiazole rings is 1. The van der Waals surface area contributed by atoms with Gasteiger partial charge in [0.2, 0.25) is 5.91 Å². The van der Waals surface area contributed by atoms with Gasteiger partial charge in [-0.2, -0.15) is 13.2 Å². The molecule has 136 valence electrons. The van der Waals surface area contributed by atoms with E-state index in [1.807, 2.05) is 10.7 Å². The van der Waals surface area contributed by atoms with Gasteiger partial charge in [0.15, 0.2) is 0 Å². The number of carbonyl (C=O) groups excluding carboxylic acids is 1. The van der Waals surface area contributed by atoms with E-state index in [4.69, 9.17) is 0 Å². The summed E-state index contributed by atoms with van der Waals surface area (Å²) in [7, 11) is 0. The number of piperidine rings is 1. The van der Waals surface area contributed by atoms with Gasteiger partial charge in [-0.3, -0.25) is 9.69 Å². The molecule has 0 atom stereocenters. The lowest BCUT2D eigenvalue weighted by Gasteiger charge is -2.41. The van der Waals surface area contributed by atoms with Gasteiger partial charge in [0.1, 0.15) is 17.1 Å². The van der Waals surface area contributed by atoms with Crippen molar-refractivity contribution in [3.8, 4) is 0 Å². The Balaban J connectivity index is 1.70. The summed E-state index contributed by atoms with van der Waals surface area (Å²) in [6.07, 6.45) is 2.78. The third kappa shape index (κ3) is 4.18. The van der Waals surface area contributed by atoms with E-state index in [-0.39, 0.29) is 0 Å². The highest BCUT2D eigenvalue weighted by Crippen LogP contribution is 2.31. The number of alkyl halides is 3. The molecule has 0 spiro atoms. The summed E-state index contributed by atoms with van der Waals surface area (Å²) in [5.41, 5.74) is -1.04. The molecule has 0 unspecified atom stereocenters. The number of likely N-dealkylation sites (tertiary alicyclic amines) is 1. The molecule has 1 fully saturated rings. The molecule has 2 aromatic rings. The maximum atomic E-state index is 12.6. The largest absolute Gasteiger partial charge is 0.405 e. The molecule has 0 aromatic carbocycles. The van der Waals surface area contributed by atoms with Crippen molar-refractivity contribution in [2.24, 2.45) is 0 Å². The van der Waals surface area contributed by atoms with E-state index in [1.165, 1.54) is 12.5 Å². The van der Waals surface area contributed by atoms with E-state index in [9.17, 15) is 18.0 Å². The molecular formula is C15H18F3N5OS. The highest BCUT2D eigenvalue weighted by Gasteiger charge is 2.44. The van der Waals surface area contributed by atoms with E-state index in [2.05, 4.69) is 14.9 Å². The van der Waals surface area contributed by atoms with Crippen molar-refractivity contribution in [3.63, 3.8) is 0 Å². The normalized spacial score (nSPS) is 18.2. The molecule has 0 saturated carbocycles. The smallest absolute Gasteiger partial charge is 0.345 e. The molecule has 0 radical (unpaired) electrons. The summed E-state index contributed by atoms with van der Waals surface area (Å²) in [4.78, 5) is 23.0. The summed E-state index contributed by atoms with van der Waals surface area (Å²) in [6, 6.07) is 0. The first-order valence-corrected chi connectivity index (χ1v) is 8.71. The van der Waals surface area contributed by atoms with Crippen LogP contribution in [0.4, 0.5) is 13.2 Å². The number of halogens is 3. The first-order valence-electron chi connectivity index (χ1n) is 7.83. The Morgan fingerprint density at radius 1 is 1.32 bits per heavy atom. The number of hydrogen-bond donors (Lipinski definition) is 1. The molecule has 25 heavy (non-hydrogen) atoms. The number of nitrogens with one attached hydrogen (secondary N) is 1. The summed E-state index contributed by atoms with van der Waals surface area (Å²) in [5, 5.41) is 4.93. The fourth-order valence-corrected chi connectivity index (χ4v) is 3.72. The van der Waals surface area contributed by atoms with Crippen LogP contribution < -0.4 is 5.32 Å². The van der Waals surface area contributed by atoms with Gasteiger partial charge < -0.3 is 9.88 Å². The van der Waals surface area contributed by atoms with Crippen molar-refractivity contribution >= 4 is 17.2 Å². The maximum absolute atomic E-state index is 12.6. The molecule has 3 rings (SSSR count). The lowest BCUT2D eigenvalue weighted by atomic mass is 9.86. The van der Waals surface area contributed by atoms with E-state index < -0.39 is 24.2 Å². The number of rotatable bonds is 5. The number of imidazole rings is 1. The van der Waals surface area contributed by atoms with Crippen molar-refractivity contribution in [2.75, 3.05) is 19.6 Å². The third-order valence-corrected chi connectivity index (χ3v) is 5.16. The lowest BCUT2D eigenvalue weighted by Crippen LogP contribution is -2.55. The zero-order chi connectivity index (χ0) is 17.9. The first kappa shape index (κ1) is 17.9. The van der Waals surface area contributed by atoms with Crippen LogP contribution in [-0.2, 0) is 16.9 Å². The molecule has 0 bridgehead atoms. The minimum absolute atomic E-state index is 0.415. The molecule has 10 heteroatoms. The maximum Gasteiger partial charge on any atom is 0.405 e. The first-order chi connectivity index (χ1) is 11.9. The van der Waals surface area contributed by atoms with Crippen molar-refractivity contribution in [3.05, 3.63) is 35.3 Å². The average Bonchev–Trinajstić information content (AvgIpc) is 3.26. The summed E-state index contributed by atoms with van der Waals surface area (Å²) < 4.78 is 39.1. The molecule has 2 aromatic heterocycles. The van der Waals surface area contributed by atoms with Crippen LogP contribution in [0, 0.1) is 0 Å². The summed E-state index contributed by atoms with van der Waals surface area (Å²) in [6.45, 7) is 0.543. The van der Waals surface area contributed by atoms with Crippen LogP contribution in [-0.4, -0.2) is 51.2 Å². The van der Waals surface area contributed by atoms with Crippen LogP contribution >= 0.6 is 11.3 Å². The minimum Gasteiger partial charge on any atom is -0.345 e. The number of hydrogen-bond acceptors (Lipinski definition) is 5. The molecule has 1 aliphatic heterocycles. The fraction of sp³-hybridized carbons (Fsp3) is 0.533. The zero-order valence-electron chi connectivity index (χ0n) is 13.4. The Kier molecular flexibility index (Phi) is 5.09. The van der Waals surface area contributed by atoms with Gasteiger partial charge in [0, 0.05) is 37.1 Å². The molecular weight excluding hydrogens is 355 g/mol. The Labute approximate surface area is 146 Å². The predicted molar refractivity (Wildman–Crippen MR) is 85.9 cm³/mol. The molecule has 1 amide bonds. The lowest BCUT2D eigenvalue weighted by molar-refractivity contribution is -0.145. The van der Waals surface area contributed by atoms with Crippen molar-refractivity contribution in [2.45, 2.75) is 31.1 Å². The molecule has 1 N–H and O–H groups in total. The highest BCUT2D eigenvalue weighted by atomic mass is 32.1. The van der Waals surface area contributed by atoms with E-state index in [0.717, 1.165) is 5.01 Å². The number of aromatic nitrogens is 3. The number of nitrogens with zero attached hydrogens (tertiary/aromatic N) is 4. The monoisotopic (exact) mass is 373 g/mol.